The fraction of sp³-hybridized carbons (Fsp3) is 0.133. The summed E-state index contributed by atoms with van der Waals surface area (Å²) in [6, 6.07) is 5.29. The van der Waals surface area contributed by atoms with Crippen LogP contribution in [0.25, 0.3) is 22.4 Å². The lowest BCUT2D eigenvalue weighted by molar-refractivity contribution is 0.369. The SMILES string of the molecule is C#CCOc1ccc(-c2nc3cnncc3[nH]2)c(S(C)=O)c1. The molecule has 1 atom stereocenters. The van der Waals surface area contributed by atoms with Crippen molar-refractivity contribution in [2.24, 2.45) is 0 Å². The number of imidazole rings is 1. The largest absolute Gasteiger partial charge is 0.481 e. The van der Waals surface area contributed by atoms with E-state index in [4.69, 9.17) is 11.2 Å². The van der Waals surface area contributed by atoms with Gasteiger partial charge in [0, 0.05) is 11.8 Å². The van der Waals surface area contributed by atoms with Gasteiger partial charge in [0.05, 0.1) is 33.6 Å². The van der Waals surface area contributed by atoms with Crippen LogP contribution in [0.4, 0.5) is 0 Å². The topological polar surface area (TPSA) is 80.8 Å². The summed E-state index contributed by atoms with van der Waals surface area (Å²) < 4.78 is 17.4. The van der Waals surface area contributed by atoms with E-state index < -0.39 is 10.8 Å². The number of H-pyrrole nitrogens is 1. The fourth-order valence-corrected chi connectivity index (χ4v) is 2.81. The molecule has 1 N–H and O–H groups in total. The van der Waals surface area contributed by atoms with Crippen molar-refractivity contribution < 1.29 is 8.95 Å². The summed E-state index contributed by atoms with van der Waals surface area (Å²) in [6.45, 7) is 0.164. The van der Waals surface area contributed by atoms with Gasteiger partial charge in [-0.15, -0.1) is 6.42 Å². The van der Waals surface area contributed by atoms with E-state index in [1.165, 1.54) is 0 Å². The molecule has 0 bridgehead atoms. The van der Waals surface area contributed by atoms with Crippen LogP contribution in [-0.2, 0) is 10.8 Å². The Morgan fingerprint density at radius 1 is 1.36 bits per heavy atom. The summed E-state index contributed by atoms with van der Waals surface area (Å²) in [6.07, 6.45) is 9.95. The number of ether oxygens (including phenoxy) is 1. The average Bonchev–Trinajstić information content (AvgIpc) is 2.96. The van der Waals surface area contributed by atoms with Crippen LogP contribution in [0.5, 0.6) is 5.75 Å². The molecule has 0 saturated heterocycles. The maximum absolute atomic E-state index is 12.0. The summed E-state index contributed by atoms with van der Waals surface area (Å²) in [5.41, 5.74) is 2.21. The minimum absolute atomic E-state index is 0.164. The molecule has 110 valence electrons. The third-order valence-corrected chi connectivity index (χ3v) is 3.99. The molecule has 0 spiro atoms. The molecule has 1 aromatic carbocycles. The quantitative estimate of drug-likeness (QED) is 0.743. The van der Waals surface area contributed by atoms with Gasteiger partial charge in [-0.3, -0.25) is 4.21 Å². The molecule has 1 unspecified atom stereocenters. The highest BCUT2D eigenvalue weighted by Crippen LogP contribution is 2.29. The van der Waals surface area contributed by atoms with Crippen LogP contribution in [0.1, 0.15) is 0 Å². The second kappa shape index (κ2) is 5.95. The van der Waals surface area contributed by atoms with Crippen LogP contribution in [0.15, 0.2) is 35.5 Å². The van der Waals surface area contributed by atoms with E-state index >= 15 is 0 Å². The molecular weight excluding hydrogens is 300 g/mol. The number of aromatic nitrogens is 4. The summed E-state index contributed by atoms with van der Waals surface area (Å²) >= 11 is 0. The van der Waals surface area contributed by atoms with Crippen molar-refractivity contribution in [3.05, 3.63) is 30.6 Å². The fourth-order valence-electron chi connectivity index (χ4n) is 2.05. The first-order valence-corrected chi connectivity index (χ1v) is 7.95. The first-order valence-electron chi connectivity index (χ1n) is 6.39. The number of rotatable bonds is 4. The molecule has 3 aromatic rings. The highest BCUT2D eigenvalue weighted by Gasteiger charge is 2.14. The average molecular weight is 312 g/mol. The second-order valence-electron chi connectivity index (χ2n) is 4.48. The van der Waals surface area contributed by atoms with Crippen molar-refractivity contribution in [1.82, 2.24) is 20.2 Å². The Balaban J connectivity index is 2.09. The van der Waals surface area contributed by atoms with Gasteiger partial charge in [-0.1, -0.05) is 5.92 Å². The van der Waals surface area contributed by atoms with Crippen LogP contribution < -0.4 is 4.74 Å². The molecule has 2 aromatic heterocycles. The molecule has 0 aliphatic heterocycles. The number of nitrogens with one attached hydrogen (secondary N) is 1. The van der Waals surface area contributed by atoms with Crippen LogP contribution in [0.3, 0.4) is 0 Å². The van der Waals surface area contributed by atoms with Crippen molar-refractivity contribution in [3.8, 4) is 29.5 Å². The maximum Gasteiger partial charge on any atom is 0.148 e. The molecule has 3 rings (SSSR count). The van der Waals surface area contributed by atoms with E-state index in [1.807, 2.05) is 0 Å². The van der Waals surface area contributed by atoms with Crippen LogP contribution in [0.2, 0.25) is 0 Å². The zero-order valence-corrected chi connectivity index (χ0v) is 12.6. The molecule has 6 nitrogen and oxygen atoms in total. The molecule has 0 fully saturated rings. The third-order valence-electron chi connectivity index (χ3n) is 3.03. The predicted octanol–water partition coefficient (Wildman–Crippen LogP) is 1.77. The maximum atomic E-state index is 12.0. The number of hydrogen-bond acceptors (Lipinski definition) is 5. The van der Waals surface area contributed by atoms with Gasteiger partial charge in [0.15, 0.2) is 0 Å². The summed E-state index contributed by atoms with van der Waals surface area (Å²) in [5, 5.41) is 7.60. The van der Waals surface area contributed by atoms with Crippen LogP contribution in [0, 0.1) is 12.3 Å². The molecule has 0 aliphatic carbocycles. The van der Waals surface area contributed by atoms with Crippen molar-refractivity contribution in [1.29, 1.82) is 0 Å². The molecule has 0 radical (unpaired) electrons. The van der Waals surface area contributed by atoms with E-state index in [2.05, 4.69) is 26.1 Å². The molecule has 0 saturated carbocycles. The molecule has 2 heterocycles. The highest BCUT2D eigenvalue weighted by molar-refractivity contribution is 7.84. The van der Waals surface area contributed by atoms with Crippen LogP contribution >= 0.6 is 0 Å². The van der Waals surface area contributed by atoms with Gasteiger partial charge in [0.25, 0.3) is 0 Å². The monoisotopic (exact) mass is 312 g/mol. The lowest BCUT2D eigenvalue weighted by Gasteiger charge is -2.08. The Morgan fingerprint density at radius 2 is 2.18 bits per heavy atom. The smallest absolute Gasteiger partial charge is 0.148 e. The minimum atomic E-state index is -1.20. The van der Waals surface area contributed by atoms with E-state index in [1.54, 1.807) is 36.8 Å². The Hall–Kier alpha value is -2.72. The zero-order chi connectivity index (χ0) is 15.5. The van der Waals surface area contributed by atoms with Gasteiger partial charge < -0.3 is 9.72 Å². The zero-order valence-electron chi connectivity index (χ0n) is 11.7. The minimum Gasteiger partial charge on any atom is -0.481 e. The third kappa shape index (κ3) is 2.69. The number of fused-ring (bicyclic) bond motifs is 1. The highest BCUT2D eigenvalue weighted by atomic mass is 32.2. The molecule has 7 heteroatoms. The van der Waals surface area contributed by atoms with Crippen LogP contribution in [-0.4, -0.2) is 37.2 Å². The van der Waals surface area contributed by atoms with Gasteiger partial charge in [-0.05, 0) is 18.2 Å². The van der Waals surface area contributed by atoms with Crippen molar-refractivity contribution >= 4 is 21.8 Å². The Morgan fingerprint density at radius 3 is 2.91 bits per heavy atom. The second-order valence-corrected chi connectivity index (χ2v) is 5.83. The summed E-state index contributed by atoms with van der Waals surface area (Å²) in [7, 11) is -1.20. The van der Waals surface area contributed by atoms with Crippen molar-refractivity contribution in [3.63, 3.8) is 0 Å². The lowest BCUT2D eigenvalue weighted by atomic mass is 10.2. The van der Waals surface area contributed by atoms with Gasteiger partial charge in [-0.25, -0.2) is 4.98 Å². The predicted molar refractivity (Wildman–Crippen MR) is 83.8 cm³/mol. The lowest BCUT2D eigenvalue weighted by Crippen LogP contribution is -1.98. The molecule has 0 aliphatic rings. The molecule has 0 amide bonds. The van der Waals surface area contributed by atoms with Gasteiger partial charge >= 0.3 is 0 Å². The first kappa shape index (κ1) is 14.2. The Kier molecular flexibility index (Phi) is 3.85. The van der Waals surface area contributed by atoms with Crippen molar-refractivity contribution in [2.75, 3.05) is 12.9 Å². The number of nitrogens with zero attached hydrogens (tertiary/aromatic N) is 3. The Bertz CT molecular complexity index is 865. The van der Waals surface area contributed by atoms with E-state index in [-0.39, 0.29) is 6.61 Å². The normalized spacial score (nSPS) is 12.0. The summed E-state index contributed by atoms with van der Waals surface area (Å²) in [4.78, 5) is 8.22. The number of benzene rings is 1. The Labute approximate surface area is 129 Å². The van der Waals surface area contributed by atoms with E-state index in [0.717, 1.165) is 11.1 Å². The summed E-state index contributed by atoms with van der Waals surface area (Å²) in [5.74, 6) is 3.58. The first-order chi connectivity index (χ1) is 10.7. The van der Waals surface area contributed by atoms with E-state index in [9.17, 15) is 4.21 Å². The van der Waals surface area contributed by atoms with Gasteiger partial charge in [0.1, 0.15) is 23.7 Å². The molecule has 22 heavy (non-hydrogen) atoms. The van der Waals surface area contributed by atoms with E-state index in [0.29, 0.717) is 22.0 Å². The van der Waals surface area contributed by atoms with Crippen molar-refractivity contribution in [2.45, 2.75) is 4.90 Å². The number of hydrogen-bond donors (Lipinski definition) is 1. The standard InChI is InChI=1S/C15H12N4O2S/c1-3-6-21-10-4-5-11(14(7-10)22(2)20)15-18-12-8-16-17-9-13(12)19-15/h1,4-5,7-9H,6H2,2H3,(H,18,19). The van der Waals surface area contributed by atoms with Gasteiger partial charge in [-0.2, -0.15) is 10.2 Å². The molecular formula is C15H12N4O2S. The number of terminal acetylenes is 1. The van der Waals surface area contributed by atoms with Gasteiger partial charge in [0.2, 0.25) is 0 Å². The number of aromatic amines is 1.